The fourth-order valence-electron chi connectivity index (χ4n) is 3.89. The number of ether oxygens (including phenoxy) is 3. The summed E-state index contributed by atoms with van der Waals surface area (Å²) in [7, 11) is 3.23. The fraction of sp³-hybridized carbons (Fsp3) is 0.458. The minimum absolute atomic E-state index is 0.0596. The summed E-state index contributed by atoms with van der Waals surface area (Å²) in [5, 5.41) is 2.99. The van der Waals surface area contributed by atoms with Gasteiger partial charge < -0.3 is 19.5 Å². The van der Waals surface area contributed by atoms with Crippen LogP contribution in [0.1, 0.15) is 35.3 Å². The number of methoxy groups -OCH3 is 2. The molecule has 0 aliphatic carbocycles. The van der Waals surface area contributed by atoms with Crippen LogP contribution < -0.4 is 14.8 Å². The van der Waals surface area contributed by atoms with Gasteiger partial charge in [-0.15, -0.1) is 0 Å². The number of nitrogens with one attached hydrogen (secondary N) is 1. The Morgan fingerprint density at radius 3 is 2.27 bits per heavy atom. The summed E-state index contributed by atoms with van der Waals surface area (Å²) in [5.74, 6) is 1.34. The second-order valence-corrected chi connectivity index (χ2v) is 7.84. The van der Waals surface area contributed by atoms with Crippen molar-refractivity contribution in [1.29, 1.82) is 0 Å². The number of rotatable bonds is 8. The van der Waals surface area contributed by atoms with Gasteiger partial charge in [0.1, 0.15) is 0 Å². The molecule has 2 aromatic rings. The average Bonchev–Trinajstić information content (AvgIpc) is 2.73. The van der Waals surface area contributed by atoms with E-state index >= 15 is 0 Å². The van der Waals surface area contributed by atoms with Crippen molar-refractivity contribution in [3.8, 4) is 11.5 Å². The van der Waals surface area contributed by atoms with Crippen LogP contribution >= 0.6 is 0 Å². The van der Waals surface area contributed by atoms with Crippen LogP contribution in [0.15, 0.2) is 42.5 Å². The van der Waals surface area contributed by atoms with Crippen molar-refractivity contribution in [2.75, 3.05) is 33.9 Å². The van der Waals surface area contributed by atoms with Gasteiger partial charge in [-0.05, 0) is 55.7 Å². The predicted molar refractivity (Wildman–Crippen MR) is 117 cm³/mol. The molecule has 162 valence electrons. The topological polar surface area (TPSA) is 60.0 Å². The molecule has 0 spiro atoms. The van der Waals surface area contributed by atoms with Crippen LogP contribution in [0.3, 0.4) is 0 Å². The molecule has 1 N–H and O–H groups in total. The summed E-state index contributed by atoms with van der Waals surface area (Å²) >= 11 is 0. The Hall–Kier alpha value is -2.57. The highest BCUT2D eigenvalue weighted by Crippen LogP contribution is 2.27. The van der Waals surface area contributed by atoms with Crippen LogP contribution in [0.5, 0.6) is 11.5 Å². The maximum Gasteiger partial charge on any atom is 0.251 e. The molecule has 0 bridgehead atoms. The number of carbonyl (C=O) groups is 1. The van der Waals surface area contributed by atoms with Gasteiger partial charge in [-0.3, -0.25) is 9.69 Å². The molecular formula is C24H32N2O4. The third-order valence-corrected chi connectivity index (χ3v) is 5.26. The van der Waals surface area contributed by atoms with Crippen LogP contribution in [0.4, 0.5) is 0 Å². The molecule has 1 amide bonds. The Morgan fingerprint density at radius 1 is 1.00 bits per heavy atom. The first kappa shape index (κ1) is 22.1. The van der Waals surface area contributed by atoms with Crippen molar-refractivity contribution in [3.05, 3.63) is 59.2 Å². The molecule has 1 aliphatic rings. The van der Waals surface area contributed by atoms with Gasteiger partial charge in [0.15, 0.2) is 11.5 Å². The first-order chi connectivity index (χ1) is 14.5. The van der Waals surface area contributed by atoms with E-state index in [2.05, 4.69) is 24.1 Å². The van der Waals surface area contributed by atoms with E-state index in [0.717, 1.165) is 31.6 Å². The molecule has 1 heterocycles. The minimum atomic E-state index is -0.0596. The smallest absolute Gasteiger partial charge is 0.251 e. The summed E-state index contributed by atoms with van der Waals surface area (Å²) in [5.41, 5.74) is 2.96. The van der Waals surface area contributed by atoms with E-state index in [9.17, 15) is 4.79 Å². The number of carbonyl (C=O) groups excluding carboxylic acids is 1. The van der Waals surface area contributed by atoms with Gasteiger partial charge in [0, 0.05) is 31.7 Å². The monoisotopic (exact) mass is 412 g/mol. The number of nitrogens with zero attached hydrogens (tertiary/aromatic N) is 1. The van der Waals surface area contributed by atoms with Crippen LogP contribution in [-0.4, -0.2) is 56.9 Å². The van der Waals surface area contributed by atoms with Gasteiger partial charge in [-0.25, -0.2) is 0 Å². The second kappa shape index (κ2) is 10.5. The number of amides is 1. The average molecular weight is 413 g/mol. The molecule has 0 radical (unpaired) electrons. The maximum absolute atomic E-state index is 12.5. The number of hydrogen-bond acceptors (Lipinski definition) is 5. The van der Waals surface area contributed by atoms with E-state index in [1.807, 2.05) is 42.5 Å². The molecule has 30 heavy (non-hydrogen) atoms. The van der Waals surface area contributed by atoms with Gasteiger partial charge in [0.05, 0.1) is 26.4 Å². The zero-order valence-corrected chi connectivity index (χ0v) is 18.3. The molecule has 0 saturated carbocycles. The Labute approximate surface area is 179 Å². The summed E-state index contributed by atoms with van der Waals surface area (Å²) in [6.07, 6.45) is 1.23. The fourth-order valence-corrected chi connectivity index (χ4v) is 3.89. The van der Waals surface area contributed by atoms with Crippen LogP contribution in [0.2, 0.25) is 0 Å². The lowest BCUT2D eigenvalue weighted by Crippen LogP contribution is -2.44. The van der Waals surface area contributed by atoms with Crippen LogP contribution in [0, 0.1) is 0 Å². The Bertz CT molecular complexity index is 828. The quantitative estimate of drug-likeness (QED) is 0.721. The van der Waals surface area contributed by atoms with Crippen molar-refractivity contribution < 1.29 is 19.0 Å². The Morgan fingerprint density at radius 2 is 1.63 bits per heavy atom. The normalized spacial score (nSPS) is 19.3. The lowest BCUT2D eigenvalue weighted by molar-refractivity contribution is -0.0704. The van der Waals surface area contributed by atoms with E-state index < -0.39 is 0 Å². The van der Waals surface area contributed by atoms with Gasteiger partial charge in [-0.2, -0.15) is 0 Å². The third kappa shape index (κ3) is 5.97. The summed E-state index contributed by atoms with van der Waals surface area (Å²) in [6.45, 7) is 7.51. The first-order valence-corrected chi connectivity index (χ1v) is 10.4. The molecule has 6 nitrogen and oxygen atoms in total. The van der Waals surface area contributed by atoms with E-state index in [4.69, 9.17) is 14.2 Å². The highest BCUT2D eigenvalue weighted by Gasteiger charge is 2.22. The summed E-state index contributed by atoms with van der Waals surface area (Å²) in [6, 6.07) is 13.7. The zero-order valence-electron chi connectivity index (χ0n) is 18.3. The third-order valence-electron chi connectivity index (χ3n) is 5.26. The SMILES string of the molecule is COc1ccc(CCNC(=O)c2ccc(CN3C[C@@H](C)O[C@H](C)C3)cc2)cc1OC. The highest BCUT2D eigenvalue weighted by molar-refractivity contribution is 5.94. The molecule has 1 saturated heterocycles. The minimum Gasteiger partial charge on any atom is -0.493 e. The Balaban J connectivity index is 1.49. The van der Waals surface area contributed by atoms with Gasteiger partial charge in [0.2, 0.25) is 0 Å². The number of hydrogen-bond donors (Lipinski definition) is 1. The van der Waals surface area contributed by atoms with Crippen molar-refractivity contribution in [3.63, 3.8) is 0 Å². The predicted octanol–water partition coefficient (Wildman–Crippen LogP) is 3.29. The number of morpholine rings is 1. The Kier molecular flexibility index (Phi) is 7.71. The van der Waals surface area contributed by atoms with Crippen molar-refractivity contribution in [2.45, 2.75) is 39.0 Å². The van der Waals surface area contributed by atoms with E-state index in [1.54, 1.807) is 14.2 Å². The molecule has 2 aromatic carbocycles. The molecule has 3 rings (SSSR count). The highest BCUT2D eigenvalue weighted by atomic mass is 16.5. The molecule has 0 aromatic heterocycles. The van der Waals surface area contributed by atoms with E-state index in [-0.39, 0.29) is 18.1 Å². The van der Waals surface area contributed by atoms with Crippen molar-refractivity contribution in [2.24, 2.45) is 0 Å². The molecule has 1 aliphatic heterocycles. The lowest BCUT2D eigenvalue weighted by atomic mass is 10.1. The van der Waals surface area contributed by atoms with Crippen LogP contribution in [0.25, 0.3) is 0 Å². The van der Waals surface area contributed by atoms with Crippen molar-refractivity contribution >= 4 is 5.91 Å². The molecular weight excluding hydrogens is 380 g/mol. The molecule has 2 atom stereocenters. The largest absolute Gasteiger partial charge is 0.493 e. The summed E-state index contributed by atoms with van der Waals surface area (Å²) < 4.78 is 16.4. The summed E-state index contributed by atoms with van der Waals surface area (Å²) in [4.78, 5) is 14.9. The molecule has 0 unspecified atom stereocenters. The molecule has 6 heteroatoms. The first-order valence-electron chi connectivity index (χ1n) is 10.4. The lowest BCUT2D eigenvalue weighted by Gasteiger charge is -2.35. The van der Waals surface area contributed by atoms with Gasteiger partial charge in [-0.1, -0.05) is 18.2 Å². The second-order valence-electron chi connectivity index (χ2n) is 7.84. The standard InChI is InChI=1S/C24H32N2O4/c1-17-14-26(15-18(2)30-17)16-20-5-8-21(9-6-20)24(27)25-12-11-19-7-10-22(28-3)23(13-19)29-4/h5-10,13,17-18H,11-12,14-16H2,1-4H3,(H,25,27)/t17-,18-/m1/s1. The van der Waals surface area contributed by atoms with Crippen LogP contribution in [-0.2, 0) is 17.7 Å². The number of benzene rings is 2. The van der Waals surface area contributed by atoms with E-state index in [1.165, 1.54) is 5.56 Å². The maximum atomic E-state index is 12.5. The molecule has 1 fully saturated rings. The van der Waals surface area contributed by atoms with Crippen molar-refractivity contribution in [1.82, 2.24) is 10.2 Å². The van der Waals surface area contributed by atoms with Gasteiger partial charge in [0.25, 0.3) is 5.91 Å². The van der Waals surface area contributed by atoms with Gasteiger partial charge >= 0.3 is 0 Å². The zero-order chi connectivity index (χ0) is 21.5. The van der Waals surface area contributed by atoms with E-state index in [0.29, 0.717) is 23.6 Å².